The summed E-state index contributed by atoms with van der Waals surface area (Å²) < 4.78 is 0. The van der Waals surface area contributed by atoms with Crippen molar-refractivity contribution in [3.8, 4) is 0 Å². The Morgan fingerprint density at radius 1 is 0.862 bits per heavy atom. The number of carboxylic acids is 1. The zero-order valence-electron chi connectivity index (χ0n) is 17.1. The Labute approximate surface area is 179 Å². The highest BCUT2D eigenvalue weighted by molar-refractivity contribution is 7.98. The highest BCUT2D eigenvalue weighted by atomic mass is 32.2. The molecule has 0 saturated carbocycles. The van der Waals surface area contributed by atoms with Gasteiger partial charge in [-0.3, -0.25) is 14.4 Å². The molecule has 0 aliphatic rings. The second kappa shape index (κ2) is 14.5. The minimum absolute atomic E-state index is 0.198. The first-order chi connectivity index (χ1) is 13.5. The predicted octanol–water partition coefficient (Wildman–Crippen LogP) is -1.24. The average molecular weight is 453 g/mol. The summed E-state index contributed by atoms with van der Waals surface area (Å²) in [5, 5.41) is 26.5. The van der Waals surface area contributed by atoms with Crippen LogP contribution < -0.4 is 21.7 Å². The molecule has 0 saturated heterocycles. The zero-order valence-corrected chi connectivity index (χ0v) is 18.8. The Kier molecular flexibility index (Phi) is 13.7. The van der Waals surface area contributed by atoms with Crippen LogP contribution in [0.2, 0.25) is 0 Å². The van der Waals surface area contributed by atoms with Crippen LogP contribution in [0.25, 0.3) is 0 Å². The van der Waals surface area contributed by atoms with Gasteiger partial charge in [-0.1, -0.05) is 0 Å². The number of hydrogen-bond donors (Lipinski definition) is 6. The lowest BCUT2D eigenvalue weighted by atomic mass is 10.1. The molecule has 29 heavy (non-hydrogen) atoms. The van der Waals surface area contributed by atoms with Crippen molar-refractivity contribution in [3.63, 3.8) is 0 Å². The predicted molar refractivity (Wildman–Crippen MR) is 115 cm³/mol. The lowest BCUT2D eigenvalue weighted by Crippen LogP contribution is -2.59. The first-order valence-corrected chi connectivity index (χ1v) is 11.9. The smallest absolute Gasteiger partial charge is 0.326 e. The molecule has 0 aliphatic carbocycles. The van der Waals surface area contributed by atoms with Crippen LogP contribution in [0.15, 0.2) is 0 Å². The number of aliphatic carboxylic acids is 1. The number of carboxylic acid groups (broad SMARTS) is 1. The summed E-state index contributed by atoms with van der Waals surface area (Å²) in [7, 11) is 0. The summed E-state index contributed by atoms with van der Waals surface area (Å²) in [5.41, 5.74) is 5.52. The molecular weight excluding hydrogens is 420 g/mol. The van der Waals surface area contributed by atoms with E-state index in [4.69, 9.17) is 5.73 Å². The molecule has 5 atom stereocenters. The highest BCUT2D eigenvalue weighted by Gasteiger charge is 2.32. The topological polar surface area (TPSA) is 171 Å². The minimum Gasteiger partial charge on any atom is -0.480 e. The van der Waals surface area contributed by atoms with Crippen molar-refractivity contribution in [3.05, 3.63) is 0 Å². The van der Waals surface area contributed by atoms with Gasteiger partial charge in [0.15, 0.2) is 0 Å². The van der Waals surface area contributed by atoms with Crippen molar-refractivity contribution in [2.75, 3.05) is 24.0 Å². The van der Waals surface area contributed by atoms with E-state index in [2.05, 4.69) is 16.0 Å². The van der Waals surface area contributed by atoms with Gasteiger partial charge in [0.1, 0.15) is 18.1 Å². The van der Waals surface area contributed by atoms with Crippen LogP contribution in [0.5, 0.6) is 0 Å². The molecule has 7 N–H and O–H groups in total. The summed E-state index contributed by atoms with van der Waals surface area (Å²) in [4.78, 5) is 48.3. The Morgan fingerprint density at radius 2 is 1.34 bits per heavy atom. The second-order valence-corrected chi connectivity index (χ2v) is 8.51. The highest BCUT2D eigenvalue weighted by Crippen LogP contribution is 2.05. The molecular formula is C17H32N4O6S2. The number of aliphatic hydroxyl groups excluding tert-OH is 1. The fourth-order valence-electron chi connectivity index (χ4n) is 2.22. The molecule has 10 nitrogen and oxygen atoms in total. The molecule has 0 radical (unpaired) electrons. The lowest BCUT2D eigenvalue weighted by Gasteiger charge is -2.26. The van der Waals surface area contributed by atoms with E-state index in [1.54, 1.807) is 0 Å². The molecule has 0 spiro atoms. The normalized spacial score (nSPS) is 16.1. The van der Waals surface area contributed by atoms with Crippen molar-refractivity contribution >= 4 is 47.2 Å². The standard InChI is InChI=1S/C17H32N4O6S2/c1-9(18)14(23)19-11(5-7-28-3)15(24)21-13(10(2)22)16(25)20-12(17(26)27)6-8-29-4/h9-13,22H,5-8,18H2,1-4H3,(H,19,23)(H,20,25)(H,21,24)(H,26,27). The van der Waals surface area contributed by atoms with Gasteiger partial charge in [-0.25, -0.2) is 4.79 Å². The fourth-order valence-corrected chi connectivity index (χ4v) is 3.16. The number of aliphatic hydroxyl groups is 1. The average Bonchev–Trinajstić information content (AvgIpc) is 2.64. The third-order valence-electron chi connectivity index (χ3n) is 3.95. The van der Waals surface area contributed by atoms with E-state index in [-0.39, 0.29) is 6.42 Å². The summed E-state index contributed by atoms with van der Waals surface area (Å²) in [5.74, 6) is -2.12. The van der Waals surface area contributed by atoms with Gasteiger partial charge < -0.3 is 31.9 Å². The maximum atomic E-state index is 12.6. The van der Waals surface area contributed by atoms with Crippen LogP contribution in [-0.4, -0.2) is 88.2 Å². The van der Waals surface area contributed by atoms with E-state index in [1.807, 2.05) is 12.5 Å². The van der Waals surface area contributed by atoms with Crippen molar-refractivity contribution in [1.29, 1.82) is 0 Å². The van der Waals surface area contributed by atoms with Crippen LogP contribution in [0.3, 0.4) is 0 Å². The summed E-state index contributed by atoms with van der Waals surface area (Å²) in [6.45, 7) is 2.78. The van der Waals surface area contributed by atoms with Gasteiger partial charge in [-0.05, 0) is 50.7 Å². The summed E-state index contributed by atoms with van der Waals surface area (Å²) >= 11 is 2.91. The molecule has 0 aromatic rings. The number of thioether (sulfide) groups is 2. The number of carbonyl (C=O) groups is 4. The Balaban J connectivity index is 5.24. The number of nitrogens with two attached hydrogens (primary N) is 1. The Morgan fingerprint density at radius 3 is 1.76 bits per heavy atom. The molecule has 5 unspecified atom stereocenters. The molecule has 3 amide bonds. The monoisotopic (exact) mass is 452 g/mol. The van der Waals surface area contributed by atoms with E-state index in [0.29, 0.717) is 17.9 Å². The van der Waals surface area contributed by atoms with Crippen LogP contribution >= 0.6 is 23.5 Å². The van der Waals surface area contributed by atoms with Gasteiger partial charge >= 0.3 is 5.97 Å². The van der Waals surface area contributed by atoms with E-state index in [1.165, 1.54) is 37.4 Å². The van der Waals surface area contributed by atoms with Gasteiger partial charge in [-0.15, -0.1) is 0 Å². The van der Waals surface area contributed by atoms with E-state index < -0.39 is 54.0 Å². The van der Waals surface area contributed by atoms with Gasteiger partial charge in [0.2, 0.25) is 17.7 Å². The molecule has 12 heteroatoms. The quantitative estimate of drug-likeness (QED) is 0.189. The van der Waals surface area contributed by atoms with Crippen molar-refractivity contribution in [2.45, 2.75) is 57.0 Å². The Bertz CT molecular complexity index is 562. The van der Waals surface area contributed by atoms with E-state index >= 15 is 0 Å². The largest absolute Gasteiger partial charge is 0.480 e. The SMILES string of the molecule is CSCCC(NC(=O)C(NC(=O)C(CCSC)NC(=O)C(C)N)C(C)O)C(=O)O. The third kappa shape index (κ3) is 10.7. The molecule has 0 rings (SSSR count). The molecule has 0 heterocycles. The second-order valence-electron chi connectivity index (χ2n) is 6.54. The van der Waals surface area contributed by atoms with Gasteiger partial charge in [-0.2, -0.15) is 23.5 Å². The van der Waals surface area contributed by atoms with Crippen molar-refractivity contribution < 1.29 is 29.4 Å². The molecule has 0 fully saturated rings. The summed E-state index contributed by atoms with van der Waals surface area (Å²) in [6.07, 6.45) is 2.87. The molecule has 0 aromatic heterocycles. The minimum atomic E-state index is -1.37. The number of rotatable bonds is 14. The maximum Gasteiger partial charge on any atom is 0.326 e. The zero-order chi connectivity index (χ0) is 22.6. The lowest BCUT2D eigenvalue weighted by molar-refractivity contribution is -0.143. The van der Waals surface area contributed by atoms with Crippen LogP contribution in [-0.2, 0) is 19.2 Å². The molecule has 0 aliphatic heterocycles. The first kappa shape index (κ1) is 27.5. The number of amides is 3. The van der Waals surface area contributed by atoms with Crippen LogP contribution in [0, 0.1) is 0 Å². The maximum absolute atomic E-state index is 12.6. The molecule has 0 bridgehead atoms. The number of hydrogen-bond acceptors (Lipinski definition) is 8. The van der Waals surface area contributed by atoms with E-state index in [9.17, 15) is 29.4 Å². The Hall–Kier alpha value is -1.50. The fraction of sp³-hybridized carbons (Fsp3) is 0.765. The molecule has 168 valence electrons. The third-order valence-corrected chi connectivity index (χ3v) is 5.23. The number of carbonyl (C=O) groups excluding carboxylic acids is 3. The summed E-state index contributed by atoms with van der Waals surface area (Å²) in [6, 6.07) is -4.27. The van der Waals surface area contributed by atoms with Gasteiger partial charge in [0.05, 0.1) is 12.1 Å². The van der Waals surface area contributed by atoms with E-state index in [0.717, 1.165) is 0 Å². The van der Waals surface area contributed by atoms with Gasteiger partial charge in [0.25, 0.3) is 0 Å². The van der Waals surface area contributed by atoms with Crippen LogP contribution in [0.4, 0.5) is 0 Å². The van der Waals surface area contributed by atoms with Crippen molar-refractivity contribution in [1.82, 2.24) is 16.0 Å². The van der Waals surface area contributed by atoms with Crippen molar-refractivity contribution in [2.24, 2.45) is 5.73 Å². The molecule has 0 aromatic carbocycles. The van der Waals surface area contributed by atoms with Gasteiger partial charge in [0, 0.05) is 0 Å². The van der Waals surface area contributed by atoms with Crippen LogP contribution in [0.1, 0.15) is 26.7 Å². The first-order valence-electron chi connectivity index (χ1n) is 9.10. The number of nitrogens with one attached hydrogen (secondary N) is 3.